The van der Waals surface area contributed by atoms with Gasteiger partial charge in [0.1, 0.15) is 12.6 Å². The predicted molar refractivity (Wildman–Crippen MR) is 106 cm³/mol. The quantitative estimate of drug-likeness (QED) is 0.686. The first kappa shape index (κ1) is 21.6. The van der Waals surface area contributed by atoms with Crippen molar-refractivity contribution in [1.29, 1.82) is 0 Å². The molecular formula is C20H28F2N4O3. The third kappa shape index (κ3) is 4.73. The number of nitrogens with zero attached hydrogens (tertiary/aromatic N) is 2. The van der Waals surface area contributed by atoms with Gasteiger partial charge in [-0.1, -0.05) is 13.3 Å². The number of anilines is 2. The zero-order chi connectivity index (χ0) is 21.0. The van der Waals surface area contributed by atoms with E-state index in [1.807, 2.05) is 6.92 Å². The number of carbonyl (C=O) groups excluding carboxylic acids is 2. The fourth-order valence-corrected chi connectivity index (χ4v) is 3.90. The van der Waals surface area contributed by atoms with E-state index in [1.54, 1.807) is 0 Å². The molecule has 0 aromatic heterocycles. The number of nitrogens with two attached hydrogens (primary N) is 1. The number of ether oxygens (including phenoxy) is 1. The van der Waals surface area contributed by atoms with Crippen LogP contribution in [-0.2, 0) is 14.3 Å². The summed E-state index contributed by atoms with van der Waals surface area (Å²) in [4.78, 5) is 28.2. The summed E-state index contributed by atoms with van der Waals surface area (Å²) in [6, 6.07) is 4.04. The number of alkyl halides is 2. The highest BCUT2D eigenvalue weighted by molar-refractivity contribution is 5.97. The Morgan fingerprint density at radius 3 is 2.72 bits per heavy atom. The average Bonchev–Trinajstić information content (AvgIpc) is 2.66. The summed E-state index contributed by atoms with van der Waals surface area (Å²) < 4.78 is 32.4. The first-order valence-corrected chi connectivity index (χ1v) is 10.0. The molecule has 0 radical (unpaired) electrons. The Bertz CT molecular complexity index is 742. The molecule has 1 saturated heterocycles. The molecule has 3 N–H and O–H groups in total. The molecular weight excluding hydrogens is 382 g/mol. The van der Waals surface area contributed by atoms with E-state index in [4.69, 9.17) is 10.5 Å². The topological polar surface area (TPSA) is 87.9 Å². The van der Waals surface area contributed by atoms with Crippen LogP contribution in [0.25, 0.3) is 0 Å². The maximum atomic E-state index is 13.7. The lowest BCUT2D eigenvalue weighted by Crippen LogP contribution is -2.54. The van der Waals surface area contributed by atoms with Gasteiger partial charge < -0.3 is 20.7 Å². The number of likely N-dealkylation sites (N-methyl/N-ethyl adjacent to an activating group) is 1. The SMILES string of the molecule is CCN(C1CCC1)[C@H](CN)C(=O)Nc1ccc(N2CCOCC2=O)c(C(F)F)c1. The lowest BCUT2D eigenvalue weighted by molar-refractivity contribution is -0.125. The molecule has 9 heteroatoms. The molecule has 0 bridgehead atoms. The molecule has 1 aliphatic heterocycles. The lowest BCUT2D eigenvalue weighted by atomic mass is 9.90. The molecule has 0 unspecified atom stereocenters. The van der Waals surface area contributed by atoms with E-state index < -0.39 is 12.5 Å². The molecule has 2 aliphatic rings. The van der Waals surface area contributed by atoms with E-state index in [2.05, 4.69) is 10.2 Å². The number of nitrogens with one attached hydrogen (secondary N) is 1. The number of rotatable bonds is 8. The van der Waals surface area contributed by atoms with Crippen molar-refractivity contribution in [3.05, 3.63) is 23.8 Å². The first-order valence-electron chi connectivity index (χ1n) is 10.0. The van der Waals surface area contributed by atoms with Crippen molar-refractivity contribution in [3.8, 4) is 0 Å². The van der Waals surface area contributed by atoms with E-state index in [0.717, 1.165) is 19.3 Å². The van der Waals surface area contributed by atoms with Gasteiger partial charge in [0.15, 0.2) is 0 Å². The number of halogens is 2. The van der Waals surface area contributed by atoms with Gasteiger partial charge in [-0.2, -0.15) is 0 Å². The van der Waals surface area contributed by atoms with E-state index in [-0.39, 0.29) is 48.4 Å². The third-order valence-corrected chi connectivity index (χ3v) is 5.64. The van der Waals surface area contributed by atoms with Crippen LogP contribution in [0, 0.1) is 0 Å². The Hall–Kier alpha value is -2.10. The number of benzene rings is 1. The molecule has 1 heterocycles. The van der Waals surface area contributed by atoms with Crippen LogP contribution in [0.3, 0.4) is 0 Å². The van der Waals surface area contributed by atoms with Crippen molar-refractivity contribution < 1.29 is 23.1 Å². The zero-order valence-electron chi connectivity index (χ0n) is 16.6. The second-order valence-electron chi connectivity index (χ2n) is 7.33. The van der Waals surface area contributed by atoms with Gasteiger partial charge in [0.25, 0.3) is 12.3 Å². The van der Waals surface area contributed by atoms with Crippen LogP contribution >= 0.6 is 0 Å². The number of carbonyl (C=O) groups is 2. The summed E-state index contributed by atoms with van der Waals surface area (Å²) in [5, 5.41) is 2.73. The highest BCUT2D eigenvalue weighted by Crippen LogP contribution is 2.33. The number of amides is 2. The molecule has 2 amide bonds. The van der Waals surface area contributed by atoms with Gasteiger partial charge in [-0.3, -0.25) is 14.5 Å². The Morgan fingerprint density at radius 2 is 2.17 bits per heavy atom. The van der Waals surface area contributed by atoms with Crippen LogP contribution in [0.1, 0.15) is 38.2 Å². The van der Waals surface area contributed by atoms with Crippen molar-refractivity contribution >= 4 is 23.2 Å². The van der Waals surface area contributed by atoms with Crippen LogP contribution < -0.4 is 16.0 Å². The standard InChI is InChI=1S/C20H28F2N4O3/c1-2-25(14-4-3-5-14)17(11-23)20(28)24-13-6-7-16(15(10-13)19(21)22)26-8-9-29-12-18(26)27/h6-7,10,14,17,19H,2-5,8-9,11-12,23H2,1H3,(H,24,28)/t17-/m1/s1. The number of hydrogen-bond donors (Lipinski definition) is 2. The predicted octanol–water partition coefficient (Wildman–Crippen LogP) is 2.13. The smallest absolute Gasteiger partial charge is 0.265 e. The highest BCUT2D eigenvalue weighted by atomic mass is 19.3. The van der Waals surface area contributed by atoms with Crippen molar-refractivity contribution in [2.45, 2.75) is 44.7 Å². The van der Waals surface area contributed by atoms with Crippen LogP contribution in [-0.4, -0.2) is 61.6 Å². The maximum Gasteiger partial charge on any atom is 0.265 e. The minimum absolute atomic E-state index is 0.132. The molecule has 1 aromatic rings. The Balaban J connectivity index is 1.78. The monoisotopic (exact) mass is 410 g/mol. The number of morpholine rings is 1. The second kappa shape index (κ2) is 9.60. The molecule has 1 aliphatic carbocycles. The minimum Gasteiger partial charge on any atom is -0.370 e. The lowest BCUT2D eigenvalue weighted by Gasteiger charge is -2.40. The molecule has 29 heavy (non-hydrogen) atoms. The number of hydrogen-bond acceptors (Lipinski definition) is 5. The fourth-order valence-electron chi connectivity index (χ4n) is 3.90. The van der Waals surface area contributed by atoms with Crippen LogP contribution in [0.4, 0.5) is 20.2 Å². The summed E-state index contributed by atoms with van der Waals surface area (Å²) in [6.07, 6.45) is 0.426. The summed E-state index contributed by atoms with van der Waals surface area (Å²) in [5.74, 6) is -0.672. The van der Waals surface area contributed by atoms with Gasteiger partial charge in [0, 0.05) is 30.4 Å². The van der Waals surface area contributed by atoms with Gasteiger partial charge in [0.05, 0.1) is 12.3 Å². The molecule has 1 saturated carbocycles. The van der Waals surface area contributed by atoms with Crippen molar-refractivity contribution in [1.82, 2.24) is 4.90 Å². The van der Waals surface area contributed by atoms with Gasteiger partial charge >= 0.3 is 0 Å². The first-order chi connectivity index (χ1) is 14.0. The van der Waals surface area contributed by atoms with Crippen LogP contribution in [0.2, 0.25) is 0 Å². The molecule has 7 nitrogen and oxygen atoms in total. The van der Waals surface area contributed by atoms with E-state index in [1.165, 1.54) is 23.1 Å². The third-order valence-electron chi connectivity index (χ3n) is 5.64. The summed E-state index contributed by atoms with van der Waals surface area (Å²) in [7, 11) is 0. The molecule has 3 rings (SSSR count). The summed E-state index contributed by atoms with van der Waals surface area (Å²) >= 11 is 0. The van der Waals surface area contributed by atoms with Gasteiger partial charge in [-0.15, -0.1) is 0 Å². The summed E-state index contributed by atoms with van der Waals surface area (Å²) in [5.41, 5.74) is 5.97. The fraction of sp³-hybridized carbons (Fsp3) is 0.600. The largest absolute Gasteiger partial charge is 0.370 e. The molecule has 160 valence electrons. The van der Waals surface area contributed by atoms with Crippen molar-refractivity contribution in [2.75, 3.05) is 43.1 Å². The van der Waals surface area contributed by atoms with Crippen LogP contribution in [0.5, 0.6) is 0 Å². The molecule has 1 aromatic carbocycles. The molecule has 0 spiro atoms. The van der Waals surface area contributed by atoms with E-state index >= 15 is 0 Å². The Morgan fingerprint density at radius 1 is 1.41 bits per heavy atom. The van der Waals surface area contributed by atoms with Crippen molar-refractivity contribution in [3.63, 3.8) is 0 Å². The molecule has 2 fully saturated rings. The van der Waals surface area contributed by atoms with Gasteiger partial charge in [0.2, 0.25) is 5.91 Å². The molecule has 1 atom stereocenters. The highest BCUT2D eigenvalue weighted by Gasteiger charge is 2.33. The van der Waals surface area contributed by atoms with Gasteiger partial charge in [-0.25, -0.2) is 8.78 Å². The average molecular weight is 410 g/mol. The van der Waals surface area contributed by atoms with Gasteiger partial charge in [-0.05, 0) is 37.6 Å². The Labute approximate surface area is 169 Å². The minimum atomic E-state index is -2.79. The second-order valence-corrected chi connectivity index (χ2v) is 7.33. The maximum absolute atomic E-state index is 13.7. The van der Waals surface area contributed by atoms with Crippen molar-refractivity contribution in [2.24, 2.45) is 5.73 Å². The summed E-state index contributed by atoms with van der Waals surface area (Å²) in [6.45, 7) is 3.20. The normalized spacial score (nSPS) is 18.8. The van der Waals surface area contributed by atoms with Crippen LogP contribution in [0.15, 0.2) is 18.2 Å². The van der Waals surface area contributed by atoms with E-state index in [9.17, 15) is 18.4 Å². The Kier molecular flexibility index (Phi) is 7.15. The zero-order valence-corrected chi connectivity index (χ0v) is 16.6. The van der Waals surface area contributed by atoms with E-state index in [0.29, 0.717) is 19.2 Å².